The van der Waals surface area contributed by atoms with Crippen LogP contribution in [0, 0.1) is 5.92 Å². The molecule has 1 aromatic carbocycles. The summed E-state index contributed by atoms with van der Waals surface area (Å²) in [7, 11) is 0. The summed E-state index contributed by atoms with van der Waals surface area (Å²) in [5, 5.41) is 15.0. The van der Waals surface area contributed by atoms with Gasteiger partial charge in [-0.25, -0.2) is 0 Å². The first-order valence-electron chi connectivity index (χ1n) is 6.68. The van der Waals surface area contributed by atoms with Crippen LogP contribution in [0.4, 0.5) is 0 Å². The van der Waals surface area contributed by atoms with Crippen LogP contribution in [0.1, 0.15) is 27.9 Å². The molecule has 3 N–H and O–H groups in total. The molecule has 1 amide bonds. The average Bonchev–Trinajstić information content (AvgIpc) is 3.05. The van der Waals surface area contributed by atoms with Gasteiger partial charge in [0.05, 0.1) is 5.92 Å². The molecule has 5 heteroatoms. The van der Waals surface area contributed by atoms with E-state index < -0.39 is 11.9 Å². The molecule has 2 unspecified atom stereocenters. The smallest absolute Gasteiger partial charge is 0.310 e. The van der Waals surface area contributed by atoms with Crippen molar-refractivity contribution in [2.75, 3.05) is 0 Å². The third-order valence-electron chi connectivity index (χ3n) is 3.82. The number of amides is 1. The number of aliphatic carboxylic acids is 1. The minimum Gasteiger partial charge on any atom is -0.481 e. The number of benzene rings is 1. The predicted molar refractivity (Wildman–Crippen MR) is 73.1 cm³/mol. The van der Waals surface area contributed by atoms with E-state index in [2.05, 4.69) is 10.6 Å². The maximum absolute atomic E-state index is 12.2. The number of carbonyl (C=O) groups excluding carboxylic acids is 1. The largest absolute Gasteiger partial charge is 0.481 e. The standard InChI is InChI=1S/C15H16N2O3/c18-14(17-13-4-3-10(6-13)15(19)20)9-1-2-11-7-16-8-12(11)5-9/h1-5,10,13,16H,6-8H2,(H,17,18)(H,19,20). The molecule has 1 aliphatic carbocycles. The van der Waals surface area contributed by atoms with Crippen molar-refractivity contribution >= 4 is 11.9 Å². The summed E-state index contributed by atoms with van der Waals surface area (Å²) >= 11 is 0. The highest BCUT2D eigenvalue weighted by atomic mass is 16.4. The zero-order valence-corrected chi connectivity index (χ0v) is 10.9. The van der Waals surface area contributed by atoms with E-state index in [1.807, 2.05) is 18.2 Å². The van der Waals surface area contributed by atoms with E-state index >= 15 is 0 Å². The fraction of sp³-hybridized carbons (Fsp3) is 0.333. The van der Waals surface area contributed by atoms with Gasteiger partial charge in [0.25, 0.3) is 5.91 Å². The summed E-state index contributed by atoms with van der Waals surface area (Å²) in [5.41, 5.74) is 3.01. The minimum atomic E-state index is -0.846. The Balaban J connectivity index is 1.66. The number of hydrogen-bond acceptors (Lipinski definition) is 3. The van der Waals surface area contributed by atoms with E-state index in [0.29, 0.717) is 12.0 Å². The molecule has 0 radical (unpaired) electrons. The Morgan fingerprint density at radius 1 is 1.20 bits per heavy atom. The van der Waals surface area contributed by atoms with Crippen molar-refractivity contribution < 1.29 is 14.7 Å². The Hall–Kier alpha value is -2.14. The van der Waals surface area contributed by atoms with Crippen LogP contribution in [0.3, 0.4) is 0 Å². The molecule has 1 aliphatic heterocycles. The van der Waals surface area contributed by atoms with Crippen LogP contribution < -0.4 is 10.6 Å². The molecule has 0 saturated heterocycles. The van der Waals surface area contributed by atoms with Gasteiger partial charge in [-0.3, -0.25) is 9.59 Å². The summed E-state index contributed by atoms with van der Waals surface area (Å²) in [6, 6.07) is 5.48. The first-order chi connectivity index (χ1) is 9.63. The molecule has 0 saturated carbocycles. The first kappa shape index (κ1) is 12.9. The van der Waals surface area contributed by atoms with Gasteiger partial charge in [0.2, 0.25) is 0 Å². The van der Waals surface area contributed by atoms with Crippen molar-refractivity contribution in [3.05, 3.63) is 47.0 Å². The van der Waals surface area contributed by atoms with Crippen LogP contribution in [0.25, 0.3) is 0 Å². The molecule has 104 valence electrons. The summed E-state index contributed by atoms with van der Waals surface area (Å²) in [4.78, 5) is 23.0. The Morgan fingerprint density at radius 2 is 2.00 bits per heavy atom. The highest BCUT2D eigenvalue weighted by Crippen LogP contribution is 2.20. The monoisotopic (exact) mass is 272 g/mol. The van der Waals surface area contributed by atoms with Gasteiger partial charge < -0.3 is 15.7 Å². The first-order valence-corrected chi connectivity index (χ1v) is 6.68. The quantitative estimate of drug-likeness (QED) is 0.719. The summed E-state index contributed by atoms with van der Waals surface area (Å²) in [5.74, 6) is -1.49. The molecule has 20 heavy (non-hydrogen) atoms. The normalized spacial score (nSPS) is 23.6. The van der Waals surface area contributed by atoms with Gasteiger partial charge >= 0.3 is 5.97 Å². The number of hydrogen-bond donors (Lipinski definition) is 3. The molecule has 2 aliphatic rings. The second-order valence-corrected chi connectivity index (χ2v) is 5.23. The molecule has 0 fully saturated rings. The van der Waals surface area contributed by atoms with Gasteiger partial charge in [0.15, 0.2) is 0 Å². The van der Waals surface area contributed by atoms with E-state index in [9.17, 15) is 9.59 Å². The van der Waals surface area contributed by atoms with Crippen LogP contribution in [0.2, 0.25) is 0 Å². The Labute approximate surface area is 116 Å². The average molecular weight is 272 g/mol. The van der Waals surface area contributed by atoms with Crippen LogP contribution in [-0.2, 0) is 17.9 Å². The molecular formula is C15H16N2O3. The van der Waals surface area contributed by atoms with Crippen molar-refractivity contribution in [2.24, 2.45) is 5.92 Å². The van der Waals surface area contributed by atoms with Gasteiger partial charge in [-0.05, 0) is 29.7 Å². The molecule has 1 heterocycles. The molecule has 3 rings (SSSR count). The second kappa shape index (κ2) is 5.09. The van der Waals surface area contributed by atoms with E-state index in [1.165, 1.54) is 5.56 Å². The summed E-state index contributed by atoms with van der Waals surface area (Å²) in [6.07, 6.45) is 3.82. The zero-order valence-electron chi connectivity index (χ0n) is 10.9. The molecule has 2 atom stereocenters. The zero-order chi connectivity index (χ0) is 14.1. The maximum Gasteiger partial charge on any atom is 0.310 e. The van der Waals surface area contributed by atoms with Crippen molar-refractivity contribution in [1.82, 2.24) is 10.6 Å². The number of rotatable bonds is 3. The molecule has 0 aromatic heterocycles. The second-order valence-electron chi connectivity index (χ2n) is 5.23. The molecular weight excluding hydrogens is 256 g/mol. The van der Waals surface area contributed by atoms with Crippen molar-refractivity contribution in [3.8, 4) is 0 Å². The van der Waals surface area contributed by atoms with Gasteiger partial charge in [-0.15, -0.1) is 0 Å². The SMILES string of the molecule is O=C(NC1C=CC(C(=O)O)C1)c1ccc2c(c1)CNC2. The minimum absolute atomic E-state index is 0.152. The van der Waals surface area contributed by atoms with Crippen molar-refractivity contribution in [2.45, 2.75) is 25.6 Å². The van der Waals surface area contributed by atoms with Gasteiger partial charge in [-0.1, -0.05) is 18.2 Å². The van der Waals surface area contributed by atoms with E-state index in [-0.39, 0.29) is 11.9 Å². The highest BCUT2D eigenvalue weighted by Gasteiger charge is 2.25. The highest BCUT2D eigenvalue weighted by molar-refractivity contribution is 5.95. The molecule has 1 aromatic rings. The Kier molecular flexibility index (Phi) is 3.28. The van der Waals surface area contributed by atoms with Gasteiger partial charge in [-0.2, -0.15) is 0 Å². The van der Waals surface area contributed by atoms with E-state index in [4.69, 9.17) is 5.11 Å². The van der Waals surface area contributed by atoms with Crippen LogP contribution in [0.5, 0.6) is 0 Å². The van der Waals surface area contributed by atoms with Crippen LogP contribution in [0.15, 0.2) is 30.4 Å². The Morgan fingerprint density at radius 3 is 2.75 bits per heavy atom. The predicted octanol–water partition coefficient (Wildman–Crippen LogP) is 1.05. The van der Waals surface area contributed by atoms with Gasteiger partial charge in [0, 0.05) is 24.7 Å². The number of carbonyl (C=O) groups is 2. The van der Waals surface area contributed by atoms with E-state index in [1.54, 1.807) is 12.2 Å². The fourth-order valence-electron chi connectivity index (χ4n) is 2.68. The van der Waals surface area contributed by atoms with Crippen molar-refractivity contribution in [3.63, 3.8) is 0 Å². The lowest BCUT2D eigenvalue weighted by Crippen LogP contribution is -2.33. The lowest BCUT2D eigenvalue weighted by atomic mass is 10.1. The lowest BCUT2D eigenvalue weighted by molar-refractivity contribution is -0.140. The molecule has 0 spiro atoms. The summed E-state index contributed by atoms with van der Waals surface area (Å²) < 4.78 is 0. The number of fused-ring (bicyclic) bond motifs is 1. The van der Waals surface area contributed by atoms with Crippen LogP contribution >= 0.6 is 0 Å². The molecule has 5 nitrogen and oxygen atoms in total. The lowest BCUT2D eigenvalue weighted by Gasteiger charge is -2.12. The third-order valence-corrected chi connectivity index (χ3v) is 3.82. The number of carboxylic acids is 1. The molecule has 0 bridgehead atoms. The van der Waals surface area contributed by atoms with Crippen LogP contribution in [-0.4, -0.2) is 23.0 Å². The summed E-state index contributed by atoms with van der Waals surface area (Å²) in [6.45, 7) is 1.64. The maximum atomic E-state index is 12.2. The fourth-order valence-corrected chi connectivity index (χ4v) is 2.68. The number of nitrogens with one attached hydrogen (secondary N) is 2. The van der Waals surface area contributed by atoms with Gasteiger partial charge in [0.1, 0.15) is 0 Å². The van der Waals surface area contributed by atoms with Crippen molar-refractivity contribution in [1.29, 1.82) is 0 Å². The topological polar surface area (TPSA) is 78.4 Å². The number of carboxylic acid groups (broad SMARTS) is 1. The van der Waals surface area contributed by atoms with E-state index in [0.717, 1.165) is 18.7 Å². The Bertz CT molecular complexity index is 595. The third kappa shape index (κ3) is 2.44.